The van der Waals surface area contributed by atoms with Crippen LogP contribution in [0.4, 0.5) is 13.2 Å². The average molecular weight is 356 g/mol. The van der Waals surface area contributed by atoms with Crippen molar-refractivity contribution in [1.29, 1.82) is 0 Å². The van der Waals surface area contributed by atoms with Crippen molar-refractivity contribution in [2.24, 2.45) is 0 Å². The van der Waals surface area contributed by atoms with Gasteiger partial charge in [0.15, 0.2) is 0 Å². The van der Waals surface area contributed by atoms with Crippen molar-refractivity contribution in [1.82, 2.24) is 10.2 Å². The number of hydrogen-bond donors (Lipinski definition) is 1. The third kappa shape index (κ3) is 6.40. The van der Waals surface area contributed by atoms with Crippen molar-refractivity contribution in [3.8, 4) is 0 Å². The molecule has 2 rings (SSSR count). The summed E-state index contributed by atoms with van der Waals surface area (Å²) >= 11 is 0. The second kappa shape index (κ2) is 8.87. The number of nitrogens with one attached hydrogen (secondary N) is 1. The third-order valence-electron chi connectivity index (χ3n) is 4.22. The topological polar surface area (TPSA) is 49.4 Å². The number of hydrogen-bond acceptors (Lipinski definition) is 2. The fraction of sp³-hybridized carbons (Fsp3) is 0.556. The molecule has 0 radical (unpaired) electrons. The van der Waals surface area contributed by atoms with Gasteiger partial charge in [0.2, 0.25) is 11.8 Å². The van der Waals surface area contributed by atoms with Gasteiger partial charge in [-0.1, -0.05) is 24.6 Å². The Morgan fingerprint density at radius 2 is 2.00 bits per heavy atom. The Morgan fingerprint density at radius 1 is 1.20 bits per heavy atom. The first-order valence-electron chi connectivity index (χ1n) is 8.57. The van der Waals surface area contributed by atoms with E-state index < -0.39 is 11.7 Å². The quantitative estimate of drug-likeness (QED) is 0.796. The number of amides is 2. The van der Waals surface area contributed by atoms with Gasteiger partial charge in [0.1, 0.15) is 0 Å². The van der Waals surface area contributed by atoms with Crippen LogP contribution in [0.1, 0.15) is 43.2 Å². The summed E-state index contributed by atoms with van der Waals surface area (Å²) in [6, 6.07) is 4.79. The fourth-order valence-electron chi connectivity index (χ4n) is 2.88. The molecule has 2 amide bonds. The standard InChI is InChI=1S/C18H23F3N2O2/c19-18(20,21)15-7-4-6-14(12-15)13-16(24)22-9-5-11-23-10-3-1-2-8-17(23)25/h4,6-7,12H,1-3,5,8-11,13H2,(H,22,24). The number of benzene rings is 1. The lowest BCUT2D eigenvalue weighted by Gasteiger charge is -2.20. The molecular weight excluding hydrogens is 333 g/mol. The minimum Gasteiger partial charge on any atom is -0.356 e. The number of likely N-dealkylation sites (tertiary alicyclic amines) is 1. The zero-order chi connectivity index (χ0) is 18.3. The molecule has 1 aromatic carbocycles. The Morgan fingerprint density at radius 3 is 2.76 bits per heavy atom. The molecule has 1 fully saturated rings. The van der Waals surface area contributed by atoms with Crippen LogP contribution in [0.25, 0.3) is 0 Å². The summed E-state index contributed by atoms with van der Waals surface area (Å²) in [5.74, 6) is -0.158. The molecule has 0 aliphatic carbocycles. The summed E-state index contributed by atoms with van der Waals surface area (Å²) in [5, 5.41) is 2.70. The highest BCUT2D eigenvalue weighted by Crippen LogP contribution is 2.29. The number of carbonyl (C=O) groups excluding carboxylic acids is 2. The molecule has 1 saturated heterocycles. The molecule has 25 heavy (non-hydrogen) atoms. The number of rotatable bonds is 6. The lowest BCUT2D eigenvalue weighted by Crippen LogP contribution is -2.34. The third-order valence-corrected chi connectivity index (χ3v) is 4.22. The summed E-state index contributed by atoms with van der Waals surface area (Å²) in [6.45, 7) is 1.77. The average Bonchev–Trinajstić information content (AvgIpc) is 2.75. The Hall–Kier alpha value is -2.05. The van der Waals surface area contributed by atoms with Crippen LogP contribution in [-0.2, 0) is 22.2 Å². The number of alkyl halides is 3. The lowest BCUT2D eigenvalue weighted by atomic mass is 10.1. The fourth-order valence-corrected chi connectivity index (χ4v) is 2.88. The SMILES string of the molecule is O=C(Cc1cccc(C(F)(F)F)c1)NCCCN1CCCCCC1=O. The molecule has 1 N–H and O–H groups in total. The van der Waals surface area contributed by atoms with Crippen LogP contribution in [0.3, 0.4) is 0 Å². The van der Waals surface area contributed by atoms with Gasteiger partial charge in [-0.15, -0.1) is 0 Å². The molecule has 4 nitrogen and oxygen atoms in total. The normalized spacial score (nSPS) is 15.8. The first-order chi connectivity index (χ1) is 11.9. The molecule has 138 valence electrons. The van der Waals surface area contributed by atoms with E-state index in [1.807, 2.05) is 4.90 Å². The van der Waals surface area contributed by atoms with E-state index in [0.29, 0.717) is 31.5 Å². The highest BCUT2D eigenvalue weighted by atomic mass is 19.4. The van der Waals surface area contributed by atoms with Gasteiger partial charge >= 0.3 is 6.18 Å². The van der Waals surface area contributed by atoms with E-state index in [9.17, 15) is 22.8 Å². The van der Waals surface area contributed by atoms with Crippen LogP contribution in [0.5, 0.6) is 0 Å². The van der Waals surface area contributed by atoms with Crippen LogP contribution in [0.15, 0.2) is 24.3 Å². The summed E-state index contributed by atoms with van der Waals surface area (Å²) < 4.78 is 38.0. The number of carbonyl (C=O) groups is 2. The number of halogens is 3. The molecule has 0 atom stereocenters. The van der Waals surface area contributed by atoms with Gasteiger partial charge < -0.3 is 10.2 Å². The minimum absolute atomic E-state index is 0.0907. The maximum atomic E-state index is 12.7. The summed E-state index contributed by atoms with van der Waals surface area (Å²) in [5.41, 5.74) is -0.424. The molecule has 0 saturated carbocycles. The van der Waals surface area contributed by atoms with Crippen LogP contribution in [0, 0.1) is 0 Å². The molecule has 0 bridgehead atoms. The first kappa shape index (κ1) is 19.3. The van der Waals surface area contributed by atoms with Gasteiger partial charge in [-0.3, -0.25) is 9.59 Å². The van der Waals surface area contributed by atoms with Crippen molar-refractivity contribution >= 4 is 11.8 Å². The first-order valence-corrected chi connectivity index (χ1v) is 8.57. The van der Waals surface area contributed by atoms with E-state index in [-0.39, 0.29) is 18.2 Å². The second-order valence-electron chi connectivity index (χ2n) is 6.27. The van der Waals surface area contributed by atoms with E-state index in [1.54, 1.807) is 0 Å². The molecule has 1 heterocycles. The molecule has 0 aromatic heterocycles. The molecule has 0 spiro atoms. The Kier molecular flexibility index (Phi) is 6.84. The predicted molar refractivity (Wildman–Crippen MR) is 87.8 cm³/mol. The summed E-state index contributed by atoms with van der Waals surface area (Å²) in [7, 11) is 0. The van der Waals surface area contributed by atoms with Gasteiger partial charge in [0.05, 0.1) is 12.0 Å². The van der Waals surface area contributed by atoms with E-state index in [0.717, 1.165) is 37.9 Å². The maximum Gasteiger partial charge on any atom is 0.416 e. The molecule has 1 aliphatic rings. The van der Waals surface area contributed by atoms with Crippen molar-refractivity contribution in [2.75, 3.05) is 19.6 Å². The molecule has 1 aliphatic heterocycles. The van der Waals surface area contributed by atoms with Crippen molar-refractivity contribution < 1.29 is 22.8 Å². The van der Waals surface area contributed by atoms with E-state index in [4.69, 9.17) is 0 Å². The monoisotopic (exact) mass is 356 g/mol. The zero-order valence-corrected chi connectivity index (χ0v) is 14.1. The van der Waals surface area contributed by atoms with Gasteiger partial charge in [-0.05, 0) is 30.9 Å². The van der Waals surface area contributed by atoms with Gasteiger partial charge in [0.25, 0.3) is 0 Å². The highest BCUT2D eigenvalue weighted by molar-refractivity contribution is 5.78. The predicted octanol–water partition coefficient (Wildman–Crippen LogP) is 3.16. The van der Waals surface area contributed by atoms with E-state index in [1.165, 1.54) is 12.1 Å². The van der Waals surface area contributed by atoms with Crippen LogP contribution < -0.4 is 5.32 Å². The van der Waals surface area contributed by atoms with Gasteiger partial charge in [-0.2, -0.15) is 13.2 Å². The minimum atomic E-state index is -4.41. The van der Waals surface area contributed by atoms with E-state index >= 15 is 0 Å². The van der Waals surface area contributed by atoms with Crippen LogP contribution >= 0.6 is 0 Å². The van der Waals surface area contributed by atoms with Crippen molar-refractivity contribution in [3.63, 3.8) is 0 Å². The zero-order valence-electron chi connectivity index (χ0n) is 14.1. The van der Waals surface area contributed by atoms with Crippen molar-refractivity contribution in [3.05, 3.63) is 35.4 Å². The maximum absolute atomic E-state index is 12.7. The lowest BCUT2D eigenvalue weighted by molar-refractivity contribution is -0.137. The van der Waals surface area contributed by atoms with Crippen LogP contribution in [-0.4, -0.2) is 36.3 Å². The molecule has 0 unspecified atom stereocenters. The Labute approximate surface area is 145 Å². The molecular formula is C18H23F3N2O2. The Balaban J connectivity index is 1.73. The Bertz CT molecular complexity index is 602. The largest absolute Gasteiger partial charge is 0.416 e. The smallest absolute Gasteiger partial charge is 0.356 e. The highest BCUT2D eigenvalue weighted by Gasteiger charge is 2.30. The summed E-state index contributed by atoms with van der Waals surface area (Å²) in [4.78, 5) is 25.5. The van der Waals surface area contributed by atoms with Crippen LogP contribution in [0.2, 0.25) is 0 Å². The van der Waals surface area contributed by atoms with Crippen molar-refractivity contribution in [2.45, 2.75) is 44.7 Å². The summed E-state index contributed by atoms with van der Waals surface area (Å²) in [6.07, 6.45) is -0.270. The van der Waals surface area contributed by atoms with E-state index in [2.05, 4.69) is 5.32 Å². The van der Waals surface area contributed by atoms with Gasteiger partial charge in [0, 0.05) is 26.1 Å². The van der Waals surface area contributed by atoms with Gasteiger partial charge in [-0.25, -0.2) is 0 Å². The molecule has 7 heteroatoms. The molecule has 1 aromatic rings. The second-order valence-corrected chi connectivity index (χ2v) is 6.27. The number of nitrogens with zero attached hydrogens (tertiary/aromatic N) is 1.